The van der Waals surface area contributed by atoms with Crippen LogP contribution in [-0.2, 0) is 16.8 Å². The first-order chi connectivity index (χ1) is 11.4. The molecule has 0 spiro atoms. The molecule has 2 N–H and O–H groups in total. The largest absolute Gasteiger partial charge is 0.369 e. The number of nitrogens with two attached hydrogens (primary N) is 1. The summed E-state index contributed by atoms with van der Waals surface area (Å²) in [4.78, 5) is 18.2. The van der Waals surface area contributed by atoms with E-state index in [1.54, 1.807) is 7.05 Å². The molecule has 0 fully saturated rings. The molecule has 1 aliphatic rings. The van der Waals surface area contributed by atoms with Crippen LogP contribution in [0.3, 0.4) is 0 Å². The second kappa shape index (κ2) is 6.11. The Hall–Kier alpha value is -2.62. The van der Waals surface area contributed by atoms with Gasteiger partial charge in [0.05, 0.1) is 12.0 Å². The fourth-order valence-electron chi connectivity index (χ4n) is 3.04. The van der Waals surface area contributed by atoms with E-state index in [0.29, 0.717) is 6.42 Å². The SMILES string of the molecule is CCc1ccc(-c2cccc(C3(C)CC(=O)N(C)C(N)=N3)c2)cc1. The predicted molar refractivity (Wildman–Crippen MR) is 97.6 cm³/mol. The summed E-state index contributed by atoms with van der Waals surface area (Å²) in [5.41, 5.74) is 9.91. The second-order valence-corrected chi connectivity index (χ2v) is 6.50. The van der Waals surface area contributed by atoms with Crippen molar-refractivity contribution in [2.45, 2.75) is 32.2 Å². The van der Waals surface area contributed by atoms with Crippen molar-refractivity contribution < 1.29 is 4.79 Å². The molecule has 2 aromatic carbocycles. The fourth-order valence-corrected chi connectivity index (χ4v) is 3.04. The van der Waals surface area contributed by atoms with Gasteiger partial charge >= 0.3 is 0 Å². The van der Waals surface area contributed by atoms with Gasteiger partial charge in [0, 0.05) is 7.05 Å². The topological polar surface area (TPSA) is 58.7 Å². The third-order valence-corrected chi connectivity index (χ3v) is 4.75. The van der Waals surface area contributed by atoms with Crippen LogP contribution in [0.1, 0.15) is 31.4 Å². The lowest BCUT2D eigenvalue weighted by Gasteiger charge is -2.33. The lowest BCUT2D eigenvalue weighted by Crippen LogP contribution is -2.47. The number of amides is 1. The van der Waals surface area contributed by atoms with Gasteiger partial charge in [-0.25, -0.2) is 4.99 Å². The Morgan fingerprint density at radius 2 is 1.88 bits per heavy atom. The molecule has 3 rings (SSSR count). The number of carbonyl (C=O) groups excluding carboxylic acids is 1. The van der Waals surface area contributed by atoms with E-state index in [0.717, 1.165) is 23.1 Å². The van der Waals surface area contributed by atoms with Crippen molar-refractivity contribution in [1.29, 1.82) is 0 Å². The summed E-state index contributed by atoms with van der Waals surface area (Å²) in [5, 5.41) is 0. The van der Waals surface area contributed by atoms with Crippen molar-refractivity contribution >= 4 is 11.9 Å². The number of carbonyl (C=O) groups is 1. The molecule has 1 aliphatic heterocycles. The van der Waals surface area contributed by atoms with Gasteiger partial charge in [-0.3, -0.25) is 9.69 Å². The highest BCUT2D eigenvalue weighted by Crippen LogP contribution is 2.34. The molecule has 1 amide bonds. The highest BCUT2D eigenvalue weighted by Gasteiger charge is 2.36. The van der Waals surface area contributed by atoms with E-state index in [1.165, 1.54) is 10.5 Å². The molecule has 0 radical (unpaired) electrons. The van der Waals surface area contributed by atoms with E-state index in [4.69, 9.17) is 5.73 Å². The van der Waals surface area contributed by atoms with Crippen LogP contribution in [0.2, 0.25) is 0 Å². The predicted octanol–water partition coefficient (Wildman–Crippen LogP) is 3.31. The van der Waals surface area contributed by atoms with Gasteiger partial charge in [-0.2, -0.15) is 0 Å². The smallest absolute Gasteiger partial charge is 0.231 e. The minimum Gasteiger partial charge on any atom is -0.369 e. The number of hydrogen-bond acceptors (Lipinski definition) is 3. The fraction of sp³-hybridized carbons (Fsp3) is 0.300. The van der Waals surface area contributed by atoms with Gasteiger partial charge in [0.2, 0.25) is 5.91 Å². The first-order valence-corrected chi connectivity index (χ1v) is 8.24. The zero-order valence-corrected chi connectivity index (χ0v) is 14.4. The molecule has 0 aliphatic carbocycles. The Labute approximate surface area is 143 Å². The molecule has 0 saturated carbocycles. The maximum Gasteiger partial charge on any atom is 0.231 e. The van der Waals surface area contributed by atoms with E-state index in [9.17, 15) is 4.79 Å². The van der Waals surface area contributed by atoms with Crippen LogP contribution in [0.5, 0.6) is 0 Å². The van der Waals surface area contributed by atoms with Crippen LogP contribution in [0.15, 0.2) is 53.5 Å². The number of aryl methyl sites for hydroxylation is 1. The van der Waals surface area contributed by atoms with Gasteiger partial charge in [-0.15, -0.1) is 0 Å². The lowest BCUT2D eigenvalue weighted by molar-refractivity contribution is -0.128. The van der Waals surface area contributed by atoms with Crippen LogP contribution in [0.4, 0.5) is 0 Å². The Bertz CT molecular complexity index is 795. The monoisotopic (exact) mass is 321 g/mol. The van der Waals surface area contributed by atoms with E-state index < -0.39 is 5.54 Å². The van der Waals surface area contributed by atoms with Crippen molar-refractivity contribution in [3.8, 4) is 11.1 Å². The van der Waals surface area contributed by atoms with Crippen molar-refractivity contribution in [3.05, 3.63) is 59.7 Å². The molecule has 1 unspecified atom stereocenters. The van der Waals surface area contributed by atoms with E-state index >= 15 is 0 Å². The van der Waals surface area contributed by atoms with Gasteiger partial charge in [0.1, 0.15) is 0 Å². The van der Waals surface area contributed by atoms with Gasteiger partial charge in [-0.05, 0) is 41.7 Å². The standard InChI is InChI=1S/C20H23N3O/c1-4-14-8-10-15(11-9-14)16-6-5-7-17(12-16)20(2)13-18(24)23(3)19(21)22-20/h5-12H,4,13H2,1-3H3,(H2,21,22). The summed E-state index contributed by atoms with van der Waals surface area (Å²) in [6.45, 7) is 4.11. The Morgan fingerprint density at radius 3 is 2.50 bits per heavy atom. The van der Waals surface area contributed by atoms with Crippen LogP contribution in [-0.4, -0.2) is 23.8 Å². The molecular weight excluding hydrogens is 298 g/mol. The third kappa shape index (κ3) is 2.92. The lowest BCUT2D eigenvalue weighted by atomic mass is 9.86. The van der Waals surface area contributed by atoms with Crippen molar-refractivity contribution in [1.82, 2.24) is 4.90 Å². The molecule has 0 bridgehead atoms. The molecule has 24 heavy (non-hydrogen) atoms. The van der Waals surface area contributed by atoms with Crippen LogP contribution < -0.4 is 5.73 Å². The van der Waals surface area contributed by atoms with Crippen molar-refractivity contribution in [3.63, 3.8) is 0 Å². The van der Waals surface area contributed by atoms with E-state index in [1.807, 2.05) is 19.1 Å². The maximum atomic E-state index is 12.2. The van der Waals surface area contributed by atoms with Gasteiger partial charge in [0.25, 0.3) is 0 Å². The summed E-state index contributed by atoms with van der Waals surface area (Å²) in [6, 6.07) is 16.8. The summed E-state index contributed by atoms with van der Waals surface area (Å²) in [7, 11) is 1.66. The summed E-state index contributed by atoms with van der Waals surface area (Å²) < 4.78 is 0. The number of rotatable bonds is 3. The number of guanidine groups is 1. The highest BCUT2D eigenvalue weighted by atomic mass is 16.2. The van der Waals surface area contributed by atoms with Crippen LogP contribution in [0, 0.1) is 0 Å². The maximum absolute atomic E-state index is 12.2. The Kier molecular flexibility index (Phi) is 4.14. The first-order valence-electron chi connectivity index (χ1n) is 8.24. The number of nitrogens with zero attached hydrogens (tertiary/aromatic N) is 2. The zero-order chi connectivity index (χ0) is 17.3. The second-order valence-electron chi connectivity index (χ2n) is 6.50. The molecule has 0 saturated heterocycles. The number of benzene rings is 2. The summed E-state index contributed by atoms with van der Waals surface area (Å²) in [5.74, 6) is 0.258. The van der Waals surface area contributed by atoms with Crippen LogP contribution in [0.25, 0.3) is 11.1 Å². The van der Waals surface area contributed by atoms with Crippen molar-refractivity contribution in [2.24, 2.45) is 10.7 Å². The first kappa shape index (κ1) is 16.2. The molecule has 124 valence electrons. The molecule has 1 atom stereocenters. The van der Waals surface area contributed by atoms with Crippen molar-refractivity contribution in [2.75, 3.05) is 7.05 Å². The van der Waals surface area contributed by atoms with E-state index in [-0.39, 0.29) is 11.9 Å². The molecule has 4 nitrogen and oxygen atoms in total. The Morgan fingerprint density at radius 1 is 1.17 bits per heavy atom. The highest BCUT2D eigenvalue weighted by molar-refractivity contribution is 5.98. The zero-order valence-electron chi connectivity index (χ0n) is 14.4. The minimum absolute atomic E-state index is 0.0114. The molecule has 4 heteroatoms. The average molecular weight is 321 g/mol. The van der Waals surface area contributed by atoms with Gasteiger partial charge in [-0.1, -0.05) is 49.4 Å². The molecular formula is C20H23N3O. The molecule has 2 aromatic rings. The summed E-state index contributed by atoms with van der Waals surface area (Å²) in [6.07, 6.45) is 1.35. The average Bonchev–Trinajstić information content (AvgIpc) is 2.60. The van der Waals surface area contributed by atoms with Crippen LogP contribution >= 0.6 is 0 Å². The number of hydrogen-bond donors (Lipinski definition) is 1. The summed E-state index contributed by atoms with van der Waals surface area (Å²) >= 11 is 0. The molecule has 0 aromatic heterocycles. The van der Waals surface area contributed by atoms with E-state index in [2.05, 4.69) is 48.3 Å². The third-order valence-electron chi connectivity index (χ3n) is 4.75. The normalized spacial score (nSPS) is 20.9. The van der Waals surface area contributed by atoms with Gasteiger partial charge < -0.3 is 5.73 Å². The quantitative estimate of drug-likeness (QED) is 0.943. The number of aliphatic imine (C=N–C) groups is 1. The minimum atomic E-state index is -0.618. The van der Waals surface area contributed by atoms with Gasteiger partial charge in [0.15, 0.2) is 5.96 Å². The molecule has 1 heterocycles. The Balaban J connectivity index is 1.99.